The number of carboxylic acids is 1. The van der Waals surface area contributed by atoms with E-state index in [4.69, 9.17) is 9.84 Å². The lowest BCUT2D eigenvalue weighted by molar-refractivity contribution is -0.138. The van der Waals surface area contributed by atoms with E-state index in [0.717, 1.165) is 25.7 Å². The summed E-state index contributed by atoms with van der Waals surface area (Å²) in [6, 6.07) is 0.330. The van der Waals surface area contributed by atoms with Gasteiger partial charge in [0.05, 0.1) is 0 Å². The van der Waals surface area contributed by atoms with Crippen molar-refractivity contribution in [1.29, 1.82) is 0 Å². The lowest BCUT2D eigenvalue weighted by Gasteiger charge is -2.39. The van der Waals surface area contributed by atoms with Crippen molar-refractivity contribution in [1.82, 2.24) is 4.90 Å². The summed E-state index contributed by atoms with van der Waals surface area (Å²) < 4.78 is 5.45. The molecule has 0 aromatic rings. The van der Waals surface area contributed by atoms with Gasteiger partial charge in [-0.2, -0.15) is 0 Å². The number of carbonyl (C=O) groups is 2. The highest BCUT2D eigenvalue weighted by Crippen LogP contribution is 2.40. The molecule has 0 aromatic heterocycles. The van der Waals surface area contributed by atoms with Crippen LogP contribution < -0.4 is 0 Å². The van der Waals surface area contributed by atoms with Gasteiger partial charge in [-0.3, -0.25) is 4.79 Å². The van der Waals surface area contributed by atoms with Crippen LogP contribution in [0.15, 0.2) is 0 Å². The van der Waals surface area contributed by atoms with Crippen molar-refractivity contribution in [3.63, 3.8) is 0 Å². The molecule has 2 unspecified atom stereocenters. The fraction of sp³-hybridized carbons (Fsp3) is 0.857. The van der Waals surface area contributed by atoms with Crippen LogP contribution >= 0.6 is 0 Å². The van der Waals surface area contributed by atoms with Crippen LogP contribution in [0.4, 0.5) is 4.79 Å². The first kappa shape index (κ1) is 14.2. The number of hydrogen-bond acceptors (Lipinski definition) is 3. The third-order valence-corrected chi connectivity index (χ3v) is 3.90. The highest BCUT2D eigenvalue weighted by atomic mass is 16.6. The molecular formula is C14H23NO4. The van der Waals surface area contributed by atoms with Crippen molar-refractivity contribution < 1.29 is 19.4 Å². The van der Waals surface area contributed by atoms with Gasteiger partial charge in [-0.1, -0.05) is 0 Å². The predicted octanol–water partition coefficient (Wildman–Crippen LogP) is 2.64. The summed E-state index contributed by atoms with van der Waals surface area (Å²) in [7, 11) is 0. The molecule has 2 rings (SSSR count). The van der Waals surface area contributed by atoms with Crippen molar-refractivity contribution in [2.75, 3.05) is 0 Å². The van der Waals surface area contributed by atoms with Crippen LogP contribution in [0, 0.1) is 5.92 Å². The van der Waals surface area contributed by atoms with Crippen LogP contribution in [-0.4, -0.2) is 39.8 Å². The number of rotatable bonds is 2. The van der Waals surface area contributed by atoms with Gasteiger partial charge in [0.2, 0.25) is 0 Å². The third-order valence-electron chi connectivity index (χ3n) is 3.90. The van der Waals surface area contributed by atoms with Crippen LogP contribution in [0.2, 0.25) is 0 Å². The number of nitrogens with zero attached hydrogens (tertiary/aromatic N) is 1. The largest absolute Gasteiger partial charge is 0.481 e. The Kier molecular flexibility index (Phi) is 3.74. The number of piperidine rings is 1. The van der Waals surface area contributed by atoms with Crippen LogP contribution in [0.1, 0.15) is 52.9 Å². The van der Waals surface area contributed by atoms with E-state index in [-0.39, 0.29) is 30.5 Å². The molecule has 2 saturated heterocycles. The van der Waals surface area contributed by atoms with Crippen molar-refractivity contribution in [3.05, 3.63) is 0 Å². The van der Waals surface area contributed by atoms with Crippen molar-refractivity contribution >= 4 is 12.1 Å². The highest BCUT2D eigenvalue weighted by molar-refractivity contribution is 5.70. The van der Waals surface area contributed by atoms with Crippen LogP contribution in [-0.2, 0) is 9.53 Å². The van der Waals surface area contributed by atoms with Gasteiger partial charge < -0.3 is 14.7 Å². The van der Waals surface area contributed by atoms with Gasteiger partial charge in [0.15, 0.2) is 0 Å². The van der Waals surface area contributed by atoms with Crippen molar-refractivity contribution in [2.24, 2.45) is 5.92 Å². The Bertz CT molecular complexity index is 360. The van der Waals surface area contributed by atoms with Gasteiger partial charge in [-0.05, 0) is 52.4 Å². The number of aliphatic carboxylic acids is 1. The Balaban J connectivity index is 1.99. The van der Waals surface area contributed by atoms with Crippen LogP contribution in [0.3, 0.4) is 0 Å². The minimum Gasteiger partial charge on any atom is -0.481 e. The summed E-state index contributed by atoms with van der Waals surface area (Å²) in [5.74, 6) is -0.538. The number of ether oxygens (including phenoxy) is 1. The average molecular weight is 269 g/mol. The molecule has 2 heterocycles. The summed E-state index contributed by atoms with van der Waals surface area (Å²) in [6.07, 6.45) is 3.51. The summed E-state index contributed by atoms with van der Waals surface area (Å²) >= 11 is 0. The highest BCUT2D eigenvalue weighted by Gasteiger charge is 2.45. The molecule has 0 radical (unpaired) electrons. The number of fused-ring (bicyclic) bond motifs is 2. The number of carboxylic acid groups (broad SMARTS) is 1. The molecule has 0 aliphatic carbocycles. The molecule has 19 heavy (non-hydrogen) atoms. The second-order valence-corrected chi connectivity index (χ2v) is 6.71. The maximum Gasteiger partial charge on any atom is 0.410 e. The number of hydrogen-bond donors (Lipinski definition) is 1. The Morgan fingerprint density at radius 2 is 1.74 bits per heavy atom. The van der Waals surface area contributed by atoms with Crippen LogP contribution in [0.5, 0.6) is 0 Å². The van der Waals surface area contributed by atoms with E-state index in [2.05, 4.69) is 0 Å². The lowest BCUT2D eigenvalue weighted by atomic mass is 9.88. The molecule has 108 valence electrons. The van der Waals surface area contributed by atoms with Gasteiger partial charge in [0.1, 0.15) is 5.60 Å². The zero-order chi connectivity index (χ0) is 14.2. The summed E-state index contributed by atoms with van der Waals surface area (Å²) in [5.41, 5.74) is -0.478. The average Bonchev–Trinajstić information content (AvgIpc) is 2.47. The van der Waals surface area contributed by atoms with E-state index < -0.39 is 11.6 Å². The SMILES string of the molecule is CC(C)(C)OC(=O)N1C2CC[C@H]1CC(CC(=O)O)C2. The van der Waals surface area contributed by atoms with Gasteiger partial charge in [0.25, 0.3) is 0 Å². The Labute approximate surface area is 113 Å². The topological polar surface area (TPSA) is 66.8 Å². The fourth-order valence-electron chi connectivity index (χ4n) is 3.32. The van der Waals surface area contributed by atoms with E-state index in [1.807, 2.05) is 25.7 Å². The van der Waals surface area contributed by atoms with Gasteiger partial charge in [-0.25, -0.2) is 4.79 Å². The molecule has 2 fully saturated rings. The molecule has 0 spiro atoms. The normalized spacial score (nSPS) is 30.3. The molecule has 1 N–H and O–H groups in total. The molecule has 0 aromatic carbocycles. The standard InChI is InChI=1S/C14H23NO4/c1-14(2,3)19-13(18)15-10-4-5-11(15)7-9(6-10)8-12(16)17/h9-11H,4-8H2,1-3H3,(H,16,17)/t9?,10-,11?/m0/s1. The van der Waals surface area contributed by atoms with E-state index in [0.29, 0.717) is 0 Å². The molecule has 5 nitrogen and oxygen atoms in total. The predicted molar refractivity (Wildman–Crippen MR) is 69.9 cm³/mol. The number of carbonyl (C=O) groups excluding carboxylic acids is 1. The van der Waals surface area contributed by atoms with E-state index in [1.165, 1.54) is 0 Å². The van der Waals surface area contributed by atoms with Crippen molar-refractivity contribution in [3.8, 4) is 0 Å². The Morgan fingerprint density at radius 3 is 2.16 bits per heavy atom. The first-order valence-corrected chi connectivity index (χ1v) is 6.99. The molecule has 0 saturated carbocycles. The third kappa shape index (κ3) is 3.39. The first-order valence-electron chi connectivity index (χ1n) is 6.99. The van der Waals surface area contributed by atoms with Gasteiger partial charge in [-0.15, -0.1) is 0 Å². The molecular weight excluding hydrogens is 246 g/mol. The molecule has 1 amide bonds. The minimum absolute atomic E-state index is 0.165. The molecule has 2 bridgehead atoms. The fourth-order valence-corrected chi connectivity index (χ4v) is 3.32. The minimum atomic E-state index is -0.741. The second kappa shape index (κ2) is 5.02. The molecule has 5 heteroatoms. The zero-order valence-corrected chi connectivity index (χ0v) is 11.9. The maximum absolute atomic E-state index is 12.2. The lowest BCUT2D eigenvalue weighted by Crippen LogP contribution is -2.48. The maximum atomic E-state index is 12.2. The molecule has 3 atom stereocenters. The summed E-state index contributed by atoms with van der Waals surface area (Å²) in [5, 5.41) is 8.88. The Morgan fingerprint density at radius 1 is 1.21 bits per heavy atom. The quantitative estimate of drug-likeness (QED) is 0.836. The van der Waals surface area contributed by atoms with Crippen molar-refractivity contribution in [2.45, 2.75) is 70.6 Å². The van der Waals surface area contributed by atoms with E-state index in [1.54, 1.807) is 0 Å². The second-order valence-electron chi connectivity index (χ2n) is 6.71. The van der Waals surface area contributed by atoms with Gasteiger partial charge >= 0.3 is 12.1 Å². The monoisotopic (exact) mass is 269 g/mol. The van der Waals surface area contributed by atoms with E-state index in [9.17, 15) is 9.59 Å². The summed E-state index contributed by atoms with van der Waals surface area (Å²) in [6.45, 7) is 5.60. The smallest absolute Gasteiger partial charge is 0.410 e. The zero-order valence-electron chi connectivity index (χ0n) is 11.9. The van der Waals surface area contributed by atoms with E-state index >= 15 is 0 Å². The van der Waals surface area contributed by atoms with Gasteiger partial charge in [0, 0.05) is 18.5 Å². The summed E-state index contributed by atoms with van der Waals surface area (Å²) in [4.78, 5) is 24.8. The number of amides is 1. The molecule has 2 aliphatic heterocycles. The van der Waals surface area contributed by atoms with Crippen LogP contribution in [0.25, 0.3) is 0 Å². The molecule has 2 aliphatic rings. The first-order chi connectivity index (χ1) is 8.76. The Hall–Kier alpha value is -1.26.